The van der Waals surface area contributed by atoms with E-state index in [1.165, 1.54) is 17.5 Å². The molecular weight excluding hydrogens is 174 g/mol. The van der Waals surface area contributed by atoms with Crippen LogP contribution in [0.3, 0.4) is 0 Å². The van der Waals surface area contributed by atoms with Gasteiger partial charge in [0, 0.05) is 31.5 Å². The van der Waals surface area contributed by atoms with Gasteiger partial charge in [-0.25, -0.2) is 0 Å². The summed E-state index contributed by atoms with van der Waals surface area (Å²) in [5.74, 6) is 0. The summed E-state index contributed by atoms with van der Waals surface area (Å²) in [5.41, 5.74) is 2.62. The number of nitrogens with one attached hydrogen (secondary N) is 2. The quantitative estimate of drug-likeness (QED) is 0.743. The van der Waals surface area contributed by atoms with Gasteiger partial charge < -0.3 is 10.6 Å². The predicted molar refractivity (Wildman–Crippen MR) is 57.1 cm³/mol. The van der Waals surface area contributed by atoms with Gasteiger partial charge in [0.1, 0.15) is 0 Å². The molecule has 0 spiro atoms. The molecule has 0 radical (unpaired) electrons. The van der Waals surface area contributed by atoms with E-state index in [9.17, 15) is 0 Å². The molecule has 2 rings (SSSR count). The smallest absolute Gasteiger partial charge is 0.0300 e. The van der Waals surface area contributed by atoms with Gasteiger partial charge in [0.25, 0.3) is 0 Å². The molecule has 14 heavy (non-hydrogen) atoms. The lowest BCUT2D eigenvalue weighted by molar-refractivity contribution is 0.546. The Hall–Kier alpha value is -0.930. The summed E-state index contributed by atoms with van der Waals surface area (Å²) in [4.78, 5) is 4.08. The van der Waals surface area contributed by atoms with Crippen molar-refractivity contribution in [3.05, 3.63) is 29.6 Å². The maximum Gasteiger partial charge on any atom is 0.0300 e. The minimum absolute atomic E-state index is 0.641. The predicted octanol–water partition coefficient (Wildman–Crippen LogP) is 0.842. The highest BCUT2D eigenvalue weighted by atomic mass is 15.0. The van der Waals surface area contributed by atoms with E-state index in [-0.39, 0.29) is 0 Å². The molecule has 0 aromatic carbocycles. The molecule has 0 saturated carbocycles. The monoisotopic (exact) mass is 191 g/mol. The largest absolute Gasteiger partial charge is 0.315 e. The highest BCUT2D eigenvalue weighted by Gasteiger charge is 2.13. The molecule has 1 fully saturated rings. The molecule has 0 bridgehead atoms. The number of rotatable bonds is 3. The normalized spacial score (nSPS) is 21.4. The van der Waals surface area contributed by atoms with Crippen LogP contribution in [0.2, 0.25) is 0 Å². The lowest BCUT2D eigenvalue weighted by Crippen LogP contribution is -2.30. The molecule has 1 aliphatic heterocycles. The van der Waals surface area contributed by atoms with Crippen LogP contribution < -0.4 is 10.6 Å². The van der Waals surface area contributed by atoms with Gasteiger partial charge in [0.2, 0.25) is 0 Å². The molecule has 1 unspecified atom stereocenters. The standard InChI is InChI=1S/C11H17N3/c1-9-6-12-4-2-10(9)7-14-11-3-5-13-8-11/h2,4,6,11,13-14H,3,5,7-8H2,1H3. The zero-order valence-electron chi connectivity index (χ0n) is 8.59. The fraction of sp³-hybridized carbons (Fsp3) is 0.545. The van der Waals surface area contributed by atoms with E-state index in [1.807, 2.05) is 12.4 Å². The van der Waals surface area contributed by atoms with Gasteiger partial charge in [-0.1, -0.05) is 0 Å². The number of aromatic nitrogens is 1. The Bertz CT molecular complexity index is 292. The summed E-state index contributed by atoms with van der Waals surface area (Å²) in [6.07, 6.45) is 5.02. The van der Waals surface area contributed by atoms with Crippen molar-refractivity contribution < 1.29 is 0 Å². The minimum Gasteiger partial charge on any atom is -0.315 e. The lowest BCUT2D eigenvalue weighted by atomic mass is 10.1. The highest BCUT2D eigenvalue weighted by Crippen LogP contribution is 2.06. The van der Waals surface area contributed by atoms with Crippen LogP contribution in [-0.2, 0) is 6.54 Å². The molecule has 3 heteroatoms. The fourth-order valence-corrected chi connectivity index (χ4v) is 1.78. The Morgan fingerprint density at radius 3 is 3.29 bits per heavy atom. The zero-order chi connectivity index (χ0) is 9.80. The van der Waals surface area contributed by atoms with Crippen molar-refractivity contribution in [3.63, 3.8) is 0 Å². The maximum absolute atomic E-state index is 4.08. The molecule has 1 aliphatic rings. The van der Waals surface area contributed by atoms with Crippen LogP contribution in [0.4, 0.5) is 0 Å². The lowest BCUT2D eigenvalue weighted by Gasteiger charge is -2.12. The van der Waals surface area contributed by atoms with Crippen LogP contribution in [-0.4, -0.2) is 24.1 Å². The summed E-state index contributed by atoms with van der Waals surface area (Å²) < 4.78 is 0. The van der Waals surface area contributed by atoms with Crippen molar-refractivity contribution in [1.82, 2.24) is 15.6 Å². The molecule has 0 amide bonds. The Kier molecular flexibility index (Phi) is 3.11. The first-order chi connectivity index (χ1) is 6.86. The Balaban J connectivity index is 1.88. The van der Waals surface area contributed by atoms with Crippen molar-refractivity contribution in [2.24, 2.45) is 0 Å². The van der Waals surface area contributed by atoms with E-state index < -0.39 is 0 Å². The number of pyridine rings is 1. The van der Waals surface area contributed by atoms with E-state index in [2.05, 4.69) is 28.6 Å². The van der Waals surface area contributed by atoms with Crippen LogP contribution in [0.1, 0.15) is 17.5 Å². The van der Waals surface area contributed by atoms with Crippen molar-refractivity contribution in [2.75, 3.05) is 13.1 Å². The topological polar surface area (TPSA) is 37.0 Å². The summed E-state index contributed by atoms with van der Waals surface area (Å²) >= 11 is 0. The Morgan fingerprint density at radius 1 is 1.64 bits per heavy atom. The average Bonchev–Trinajstić information content (AvgIpc) is 2.69. The first-order valence-corrected chi connectivity index (χ1v) is 5.20. The maximum atomic E-state index is 4.08. The molecule has 2 heterocycles. The molecule has 1 aromatic heterocycles. The van der Waals surface area contributed by atoms with Gasteiger partial charge in [0.15, 0.2) is 0 Å². The van der Waals surface area contributed by atoms with Gasteiger partial charge in [0.05, 0.1) is 0 Å². The molecule has 1 saturated heterocycles. The SMILES string of the molecule is Cc1cnccc1CNC1CCNC1. The van der Waals surface area contributed by atoms with Crippen LogP contribution in [0, 0.1) is 6.92 Å². The second kappa shape index (κ2) is 4.53. The van der Waals surface area contributed by atoms with Crippen LogP contribution in [0.25, 0.3) is 0 Å². The van der Waals surface area contributed by atoms with Gasteiger partial charge in [-0.2, -0.15) is 0 Å². The van der Waals surface area contributed by atoms with E-state index in [1.54, 1.807) is 0 Å². The van der Waals surface area contributed by atoms with E-state index in [4.69, 9.17) is 0 Å². The molecular formula is C11H17N3. The molecule has 3 nitrogen and oxygen atoms in total. The van der Waals surface area contributed by atoms with Crippen LogP contribution >= 0.6 is 0 Å². The zero-order valence-corrected chi connectivity index (χ0v) is 8.59. The summed E-state index contributed by atoms with van der Waals surface area (Å²) in [7, 11) is 0. The van der Waals surface area contributed by atoms with Gasteiger partial charge in [-0.05, 0) is 37.1 Å². The van der Waals surface area contributed by atoms with Crippen LogP contribution in [0.15, 0.2) is 18.5 Å². The summed E-state index contributed by atoms with van der Waals surface area (Å²) in [5, 5.41) is 6.90. The number of aryl methyl sites for hydroxylation is 1. The average molecular weight is 191 g/mol. The first-order valence-electron chi connectivity index (χ1n) is 5.20. The van der Waals surface area contributed by atoms with Crippen LogP contribution in [0.5, 0.6) is 0 Å². The molecule has 0 aliphatic carbocycles. The highest BCUT2D eigenvalue weighted by molar-refractivity contribution is 5.21. The number of hydrogen-bond acceptors (Lipinski definition) is 3. The second-order valence-corrected chi connectivity index (χ2v) is 3.87. The second-order valence-electron chi connectivity index (χ2n) is 3.87. The molecule has 1 atom stereocenters. The molecule has 1 aromatic rings. The third-order valence-corrected chi connectivity index (χ3v) is 2.78. The van der Waals surface area contributed by atoms with Gasteiger partial charge in [-0.3, -0.25) is 4.98 Å². The van der Waals surface area contributed by atoms with Crippen molar-refractivity contribution in [1.29, 1.82) is 0 Å². The minimum atomic E-state index is 0.641. The van der Waals surface area contributed by atoms with Gasteiger partial charge in [-0.15, -0.1) is 0 Å². The number of hydrogen-bond donors (Lipinski definition) is 2. The van der Waals surface area contributed by atoms with Crippen molar-refractivity contribution in [3.8, 4) is 0 Å². The Labute approximate surface area is 84.9 Å². The third-order valence-electron chi connectivity index (χ3n) is 2.78. The number of nitrogens with zero attached hydrogens (tertiary/aromatic N) is 1. The first kappa shape index (κ1) is 9.62. The molecule has 2 N–H and O–H groups in total. The Morgan fingerprint density at radius 2 is 2.57 bits per heavy atom. The summed E-state index contributed by atoms with van der Waals surface area (Å²) in [6.45, 7) is 5.31. The van der Waals surface area contributed by atoms with Crippen molar-refractivity contribution in [2.45, 2.75) is 25.9 Å². The van der Waals surface area contributed by atoms with E-state index >= 15 is 0 Å². The third kappa shape index (κ3) is 2.30. The van der Waals surface area contributed by atoms with Gasteiger partial charge >= 0.3 is 0 Å². The molecule has 76 valence electrons. The van der Waals surface area contributed by atoms with E-state index in [0.717, 1.165) is 19.6 Å². The van der Waals surface area contributed by atoms with Crippen molar-refractivity contribution >= 4 is 0 Å². The van der Waals surface area contributed by atoms with E-state index in [0.29, 0.717) is 6.04 Å². The fourth-order valence-electron chi connectivity index (χ4n) is 1.78. The summed E-state index contributed by atoms with van der Waals surface area (Å²) in [6, 6.07) is 2.73.